The highest BCUT2D eigenvalue weighted by molar-refractivity contribution is 9.09. The molecule has 0 unspecified atom stereocenters. The third-order valence-electron chi connectivity index (χ3n) is 3.28. The first-order valence-electron chi connectivity index (χ1n) is 5.30. The van der Waals surface area contributed by atoms with Crippen LogP contribution in [0, 0.1) is 6.92 Å². The number of hydrogen-bond acceptors (Lipinski definition) is 2. The fourth-order valence-corrected chi connectivity index (χ4v) is 2.62. The molecule has 1 saturated heterocycles. The average molecular weight is 281 g/mol. The van der Waals surface area contributed by atoms with Gasteiger partial charge in [-0.3, -0.25) is 0 Å². The van der Waals surface area contributed by atoms with Crippen molar-refractivity contribution in [3.8, 4) is 0 Å². The molecule has 0 radical (unpaired) electrons. The van der Waals surface area contributed by atoms with Crippen LogP contribution in [0.4, 0.5) is 0 Å². The van der Waals surface area contributed by atoms with E-state index in [0.29, 0.717) is 0 Å². The van der Waals surface area contributed by atoms with Gasteiger partial charge in [0.25, 0.3) is 0 Å². The summed E-state index contributed by atoms with van der Waals surface area (Å²) in [6.07, 6.45) is 0. The lowest BCUT2D eigenvalue weighted by molar-refractivity contribution is -0.00693. The van der Waals surface area contributed by atoms with Crippen molar-refractivity contribution in [1.29, 1.82) is 0 Å². The first kappa shape index (κ1) is 10.3. The zero-order valence-corrected chi connectivity index (χ0v) is 10.9. The van der Waals surface area contributed by atoms with Crippen molar-refractivity contribution < 1.29 is 4.74 Å². The number of aryl methyl sites for hydroxylation is 2. The van der Waals surface area contributed by atoms with Gasteiger partial charge >= 0.3 is 0 Å². The van der Waals surface area contributed by atoms with Crippen molar-refractivity contribution in [3.05, 3.63) is 29.6 Å². The third kappa shape index (κ3) is 1.33. The van der Waals surface area contributed by atoms with Crippen molar-refractivity contribution in [2.45, 2.75) is 11.2 Å². The van der Waals surface area contributed by atoms with Crippen LogP contribution in [-0.4, -0.2) is 22.8 Å². The number of fused-ring (bicyclic) bond motifs is 1. The number of aromatic nitrogens is 2. The molecule has 0 spiro atoms. The summed E-state index contributed by atoms with van der Waals surface area (Å²) in [6, 6.07) is 6.44. The highest BCUT2D eigenvalue weighted by atomic mass is 79.9. The average Bonchev–Trinajstić information content (AvgIpc) is 2.51. The van der Waals surface area contributed by atoms with Gasteiger partial charge < -0.3 is 9.30 Å². The minimum absolute atomic E-state index is 0.00656. The fraction of sp³-hybridized carbons (Fsp3) is 0.417. The van der Waals surface area contributed by atoms with Crippen LogP contribution in [0.25, 0.3) is 11.0 Å². The molecule has 1 fully saturated rings. The van der Waals surface area contributed by atoms with E-state index in [2.05, 4.69) is 43.7 Å². The monoisotopic (exact) mass is 280 g/mol. The van der Waals surface area contributed by atoms with Gasteiger partial charge in [-0.2, -0.15) is 0 Å². The topological polar surface area (TPSA) is 27.1 Å². The maximum absolute atomic E-state index is 5.26. The summed E-state index contributed by atoms with van der Waals surface area (Å²) in [6.45, 7) is 3.50. The molecule has 2 aromatic rings. The van der Waals surface area contributed by atoms with Crippen molar-refractivity contribution >= 4 is 27.0 Å². The SMILES string of the molecule is Cc1nc2cc(C3(Br)COC3)ccc2n1C. The lowest BCUT2D eigenvalue weighted by Crippen LogP contribution is -2.40. The van der Waals surface area contributed by atoms with Crippen LogP contribution in [-0.2, 0) is 16.1 Å². The van der Waals surface area contributed by atoms with Crippen LogP contribution in [0.5, 0.6) is 0 Å². The zero-order valence-electron chi connectivity index (χ0n) is 9.33. The number of alkyl halides is 1. The molecule has 0 bridgehead atoms. The number of ether oxygens (including phenoxy) is 1. The number of hydrogen-bond donors (Lipinski definition) is 0. The molecule has 4 heteroatoms. The van der Waals surface area contributed by atoms with Crippen molar-refractivity contribution in [2.24, 2.45) is 7.05 Å². The molecule has 3 nitrogen and oxygen atoms in total. The lowest BCUT2D eigenvalue weighted by Gasteiger charge is -2.36. The Kier molecular flexibility index (Phi) is 2.13. The predicted octanol–water partition coefficient (Wildman–Crippen LogP) is 2.50. The van der Waals surface area contributed by atoms with E-state index in [9.17, 15) is 0 Å². The minimum Gasteiger partial charge on any atom is -0.378 e. The molecule has 2 heterocycles. The van der Waals surface area contributed by atoms with Crippen LogP contribution in [0.15, 0.2) is 18.2 Å². The first-order chi connectivity index (χ1) is 7.60. The highest BCUT2D eigenvalue weighted by Crippen LogP contribution is 2.39. The van der Waals surface area contributed by atoms with Crippen molar-refractivity contribution in [2.75, 3.05) is 13.2 Å². The van der Waals surface area contributed by atoms with Crippen LogP contribution in [0.2, 0.25) is 0 Å². The number of rotatable bonds is 1. The largest absolute Gasteiger partial charge is 0.378 e. The Morgan fingerprint density at radius 2 is 2.19 bits per heavy atom. The van der Waals surface area contributed by atoms with E-state index in [1.165, 1.54) is 11.1 Å². The van der Waals surface area contributed by atoms with Gasteiger partial charge in [0.05, 0.1) is 28.6 Å². The number of imidazole rings is 1. The van der Waals surface area contributed by atoms with E-state index in [0.717, 1.165) is 24.6 Å². The quantitative estimate of drug-likeness (QED) is 0.751. The Morgan fingerprint density at radius 3 is 2.81 bits per heavy atom. The normalized spacial score (nSPS) is 18.7. The number of halogens is 1. The van der Waals surface area contributed by atoms with Gasteiger partial charge in [-0.1, -0.05) is 22.0 Å². The zero-order chi connectivity index (χ0) is 11.3. The predicted molar refractivity (Wildman–Crippen MR) is 66.9 cm³/mol. The Hall–Kier alpha value is -0.870. The molecule has 16 heavy (non-hydrogen) atoms. The maximum atomic E-state index is 5.26. The Balaban J connectivity index is 2.16. The maximum Gasteiger partial charge on any atom is 0.106 e. The van der Waals surface area contributed by atoms with Gasteiger partial charge in [0.15, 0.2) is 0 Å². The van der Waals surface area contributed by atoms with Gasteiger partial charge in [0.2, 0.25) is 0 Å². The molecule has 0 atom stereocenters. The van der Waals surface area contributed by atoms with Crippen LogP contribution in [0.3, 0.4) is 0 Å². The Labute approximate surface area is 103 Å². The summed E-state index contributed by atoms with van der Waals surface area (Å²) in [4.78, 5) is 4.55. The van der Waals surface area contributed by atoms with E-state index < -0.39 is 0 Å². The molecule has 0 N–H and O–H groups in total. The Bertz CT molecular complexity index is 557. The number of benzene rings is 1. The lowest BCUT2D eigenvalue weighted by atomic mass is 9.97. The molecule has 3 rings (SSSR count). The highest BCUT2D eigenvalue weighted by Gasteiger charge is 2.37. The smallest absolute Gasteiger partial charge is 0.106 e. The van der Waals surface area contributed by atoms with Crippen molar-refractivity contribution in [1.82, 2.24) is 9.55 Å². The van der Waals surface area contributed by atoms with Gasteiger partial charge in [0, 0.05) is 7.05 Å². The van der Waals surface area contributed by atoms with Gasteiger partial charge in [-0.05, 0) is 24.6 Å². The number of nitrogens with zero attached hydrogens (tertiary/aromatic N) is 2. The summed E-state index contributed by atoms with van der Waals surface area (Å²) in [5.74, 6) is 1.04. The van der Waals surface area contributed by atoms with Gasteiger partial charge in [-0.15, -0.1) is 0 Å². The molecule has 1 aliphatic rings. The second-order valence-corrected chi connectivity index (χ2v) is 5.90. The Morgan fingerprint density at radius 1 is 1.44 bits per heavy atom. The molecule has 84 valence electrons. The summed E-state index contributed by atoms with van der Waals surface area (Å²) < 4.78 is 7.38. The molecule has 1 aromatic carbocycles. The van der Waals surface area contributed by atoms with E-state index in [-0.39, 0.29) is 4.32 Å². The molecule has 0 aliphatic carbocycles. The third-order valence-corrected chi connectivity index (χ3v) is 4.20. The van der Waals surface area contributed by atoms with Gasteiger partial charge in [-0.25, -0.2) is 4.98 Å². The van der Waals surface area contributed by atoms with Crippen LogP contribution in [0.1, 0.15) is 11.4 Å². The summed E-state index contributed by atoms with van der Waals surface area (Å²) in [5, 5.41) is 0. The molecular weight excluding hydrogens is 268 g/mol. The minimum atomic E-state index is 0.00656. The molecule has 0 saturated carbocycles. The van der Waals surface area contributed by atoms with Crippen LogP contribution < -0.4 is 0 Å². The summed E-state index contributed by atoms with van der Waals surface area (Å²) >= 11 is 3.73. The summed E-state index contributed by atoms with van der Waals surface area (Å²) in [5.41, 5.74) is 3.49. The van der Waals surface area contributed by atoms with E-state index in [1.807, 2.05) is 14.0 Å². The second kappa shape index (κ2) is 3.31. The molecule has 1 aliphatic heterocycles. The first-order valence-corrected chi connectivity index (χ1v) is 6.10. The van der Waals surface area contributed by atoms with E-state index in [4.69, 9.17) is 4.74 Å². The van der Waals surface area contributed by atoms with E-state index >= 15 is 0 Å². The molecular formula is C12H13BrN2O. The van der Waals surface area contributed by atoms with Gasteiger partial charge in [0.1, 0.15) is 5.82 Å². The second-order valence-electron chi connectivity index (χ2n) is 4.38. The standard InChI is InChI=1S/C12H13BrN2O/c1-8-14-10-5-9(12(13)6-16-7-12)3-4-11(10)15(8)2/h3-5H,6-7H2,1-2H3. The fourth-order valence-electron chi connectivity index (χ4n) is 2.05. The molecule has 1 aromatic heterocycles. The molecule has 0 amide bonds. The van der Waals surface area contributed by atoms with Crippen LogP contribution >= 0.6 is 15.9 Å². The summed E-state index contributed by atoms with van der Waals surface area (Å²) in [7, 11) is 2.04. The van der Waals surface area contributed by atoms with Crippen molar-refractivity contribution in [3.63, 3.8) is 0 Å². The van der Waals surface area contributed by atoms with E-state index in [1.54, 1.807) is 0 Å².